The summed E-state index contributed by atoms with van der Waals surface area (Å²) in [7, 11) is 0. The van der Waals surface area contributed by atoms with Crippen molar-refractivity contribution >= 4 is 17.7 Å². The molecule has 0 saturated heterocycles. The molecule has 0 N–H and O–H groups in total. The van der Waals surface area contributed by atoms with Gasteiger partial charge in [0.05, 0.1) is 0 Å². The molecule has 0 bridgehead atoms. The van der Waals surface area contributed by atoms with Crippen LogP contribution in [0, 0.1) is 0 Å². The maximum atomic E-state index is 5.71. The highest BCUT2D eigenvalue weighted by atomic mass is 35.5. The first-order valence-electron chi connectivity index (χ1n) is 3.30. The second-order valence-corrected chi connectivity index (χ2v) is 2.65. The van der Waals surface area contributed by atoms with Crippen molar-refractivity contribution in [3.05, 3.63) is 30.1 Å². The number of rotatable bonds is 0. The fourth-order valence-corrected chi connectivity index (χ4v) is 1.12. The Hall–Kier alpha value is -1.02. The van der Waals surface area contributed by atoms with Gasteiger partial charge in [-0.25, -0.2) is 0 Å². The number of aromatic nitrogens is 1. The average molecular weight is 168 g/mol. The molecule has 2 heterocycles. The minimum Gasteiger partial charge on any atom is -0.469 e. The van der Waals surface area contributed by atoms with Crippen molar-refractivity contribution in [2.45, 2.75) is 5.56 Å². The lowest BCUT2D eigenvalue weighted by atomic mass is 10.2. The molecule has 3 heteroatoms. The van der Waals surface area contributed by atoms with Crippen LogP contribution in [0.1, 0.15) is 5.69 Å². The molecule has 2 nitrogen and oxygen atoms in total. The highest BCUT2D eigenvalue weighted by molar-refractivity contribution is 6.21. The molecular weight excluding hydrogens is 162 g/mol. The smallest absolute Gasteiger partial charge is 0.191 e. The summed E-state index contributed by atoms with van der Waals surface area (Å²) in [4.78, 5) is 4.08. The molecule has 1 aliphatic rings. The summed E-state index contributed by atoms with van der Waals surface area (Å²) in [6, 6.07) is 3.67. The Kier molecular flexibility index (Phi) is 1.55. The molecule has 1 aromatic rings. The number of halogens is 1. The lowest BCUT2D eigenvalue weighted by molar-refractivity contribution is 0.320. The number of hydrogen-bond acceptors (Lipinski definition) is 2. The summed E-state index contributed by atoms with van der Waals surface area (Å²) in [5, 5.41) is 0. The number of nitrogens with zero attached hydrogens (tertiary/aromatic N) is 1. The van der Waals surface area contributed by atoms with Gasteiger partial charge >= 0.3 is 0 Å². The van der Waals surface area contributed by atoms with Gasteiger partial charge in [0.15, 0.2) is 5.56 Å². The van der Waals surface area contributed by atoms with Crippen molar-refractivity contribution in [3.8, 4) is 5.75 Å². The first kappa shape index (κ1) is 6.68. The fraction of sp³-hybridized carbons (Fsp3) is 0.125. The van der Waals surface area contributed by atoms with E-state index in [-0.39, 0.29) is 5.56 Å². The molecule has 0 fully saturated rings. The maximum Gasteiger partial charge on any atom is 0.191 e. The molecule has 0 saturated carbocycles. The van der Waals surface area contributed by atoms with E-state index in [2.05, 4.69) is 4.98 Å². The molecule has 0 amide bonds. The summed E-state index contributed by atoms with van der Waals surface area (Å²) >= 11 is 5.71. The van der Waals surface area contributed by atoms with Crippen molar-refractivity contribution in [1.82, 2.24) is 4.98 Å². The molecule has 0 radical (unpaired) electrons. The lowest BCUT2D eigenvalue weighted by Gasteiger charge is -2.14. The van der Waals surface area contributed by atoms with Crippen molar-refractivity contribution in [2.75, 3.05) is 0 Å². The Morgan fingerprint density at radius 3 is 3.36 bits per heavy atom. The van der Waals surface area contributed by atoms with E-state index < -0.39 is 0 Å². The van der Waals surface area contributed by atoms with Gasteiger partial charge in [0.2, 0.25) is 0 Å². The quantitative estimate of drug-likeness (QED) is 0.552. The minimum absolute atomic E-state index is 0.355. The predicted octanol–water partition coefficient (Wildman–Crippen LogP) is 2.05. The minimum atomic E-state index is -0.355. The zero-order valence-corrected chi connectivity index (χ0v) is 6.45. The highest BCUT2D eigenvalue weighted by Crippen LogP contribution is 2.24. The Morgan fingerprint density at radius 2 is 2.45 bits per heavy atom. The molecule has 1 unspecified atom stereocenters. The van der Waals surface area contributed by atoms with Crippen LogP contribution in [-0.4, -0.2) is 10.5 Å². The summed E-state index contributed by atoms with van der Waals surface area (Å²) in [6.45, 7) is 0. The number of alkyl halides is 1. The van der Waals surface area contributed by atoms with Gasteiger partial charge in [0, 0.05) is 6.20 Å². The molecule has 0 aromatic carbocycles. The van der Waals surface area contributed by atoms with Crippen LogP contribution in [0.25, 0.3) is 6.08 Å². The first-order valence-corrected chi connectivity index (χ1v) is 3.74. The molecule has 0 spiro atoms. The first-order chi connectivity index (χ1) is 5.36. The van der Waals surface area contributed by atoms with Crippen LogP contribution >= 0.6 is 11.6 Å². The second-order valence-electron chi connectivity index (χ2n) is 2.21. The number of fused-ring (bicyclic) bond motifs is 1. The normalized spacial score (nSPS) is 20.6. The number of pyridine rings is 1. The zero-order valence-electron chi connectivity index (χ0n) is 5.70. The monoisotopic (exact) mass is 167 g/mol. The van der Waals surface area contributed by atoms with Gasteiger partial charge < -0.3 is 4.74 Å². The van der Waals surface area contributed by atoms with Crippen LogP contribution in [-0.2, 0) is 0 Å². The van der Waals surface area contributed by atoms with E-state index in [1.165, 1.54) is 0 Å². The van der Waals surface area contributed by atoms with E-state index in [4.69, 9.17) is 16.3 Å². The average Bonchev–Trinajstić information content (AvgIpc) is 2.04. The van der Waals surface area contributed by atoms with E-state index in [9.17, 15) is 0 Å². The maximum absolute atomic E-state index is 5.71. The number of ether oxygens (including phenoxy) is 1. The van der Waals surface area contributed by atoms with Crippen LogP contribution in [0.2, 0.25) is 0 Å². The Bertz CT molecular complexity index is 298. The third kappa shape index (κ3) is 1.21. The van der Waals surface area contributed by atoms with Crippen molar-refractivity contribution in [1.29, 1.82) is 0 Å². The van der Waals surface area contributed by atoms with E-state index >= 15 is 0 Å². The van der Waals surface area contributed by atoms with Crippen molar-refractivity contribution < 1.29 is 4.74 Å². The Labute approximate surface area is 69.5 Å². The Morgan fingerprint density at radius 1 is 1.55 bits per heavy atom. The molecule has 1 atom stereocenters. The molecule has 11 heavy (non-hydrogen) atoms. The van der Waals surface area contributed by atoms with Crippen LogP contribution in [0.15, 0.2) is 24.4 Å². The van der Waals surface area contributed by atoms with Crippen LogP contribution in [0.5, 0.6) is 5.75 Å². The number of hydrogen-bond donors (Lipinski definition) is 0. The largest absolute Gasteiger partial charge is 0.469 e. The van der Waals surface area contributed by atoms with Gasteiger partial charge in [0.25, 0.3) is 0 Å². The van der Waals surface area contributed by atoms with E-state index in [0.29, 0.717) is 0 Å². The summed E-state index contributed by atoms with van der Waals surface area (Å²) in [5.74, 6) is 0.745. The fourth-order valence-electron chi connectivity index (χ4n) is 0.955. The third-order valence-electron chi connectivity index (χ3n) is 1.44. The lowest BCUT2D eigenvalue weighted by Crippen LogP contribution is -2.09. The van der Waals surface area contributed by atoms with Crippen LogP contribution in [0.3, 0.4) is 0 Å². The predicted molar refractivity (Wildman–Crippen MR) is 43.5 cm³/mol. The third-order valence-corrected chi connectivity index (χ3v) is 1.68. The molecule has 0 aliphatic carbocycles. The molecule has 2 rings (SSSR count). The van der Waals surface area contributed by atoms with Gasteiger partial charge in [-0.05, 0) is 24.3 Å². The zero-order chi connectivity index (χ0) is 7.68. The highest BCUT2D eigenvalue weighted by Gasteiger charge is 2.10. The molecule has 56 valence electrons. The van der Waals surface area contributed by atoms with E-state index in [1.807, 2.05) is 18.2 Å². The van der Waals surface area contributed by atoms with Gasteiger partial charge in [-0.15, -0.1) is 0 Å². The van der Waals surface area contributed by atoms with Crippen LogP contribution < -0.4 is 4.74 Å². The summed E-state index contributed by atoms with van der Waals surface area (Å²) < 4.78 is 5.25. The van der Waals surface area contributed by atoms with Crippen molar-refractivity contribution in [2.24, 2.45) is 0 Å². The van der Waals surface area contributed by atoms with Gasteiger partial charge in [-0.2, -0.15) is 0 Å². The van der Waals surface area contributed by atoms with Gasteiger partial charge in [-0.3, -0.25) is 4.98 Å². The van der Waals surface area contributed by atoms with Gasteiger partial charge in [-0.1, -0.05) is 11.6 Å². The van der Waals surface area contributed by atoms with E-state index in [1.54, 1.807) is 12.3 Å². The van der Waals surface area contributed by atoms with E-state index in [0.717, 1.165) is 11.4 Å². The molecular formula is C8H6ClNO. The summed E-state index contributed by atoms with van der Waals surface area (Å²) in [5.41, 5.74) is 0.482. The molecule has 1 aromatic heterocycles. The van der Waals surface area contributed by atoms with Gasteiger partial charge in [0.1, 0.15) is 11.4 Å². The SMILES string of the molecule is ClC1C=Cc2ncccc2O1. The molecule has 1 aliphatic heterocycles. The summed E-state index contributed by atoms with van der Waals surface area (Å²) in [6.07, 6.45) is 5.34. The standard InChI is InChI=1S/C8H6ClNO/c9-8-4-3-6-7(11-8)2-1-5-10-6/h1-5,8H. The topological polar surface area (TPSA) is 22.1 Å². The van der Waals surface area contributed by atoms with Crippen LogP contribution in [0.4, 0.5) is 0 Å². The van der Waals surface area contributed by atoms with Crippen molar-refractivity contribution in [3.63, 3.8) is 0 Å². The second kappa shape index (κ2) is 2.55. The Balaban J connectivity index is 2.46.